The van der Waals surface area contributed by atoms with E-state index in [0.29, 0.717) is 28.5 Å². The molecular formula is C23H17Cl5N4O3. The Hall–Kier alpha value is -2.21. The molecule has 0 spiro atoms. The Morgan fingerprint density at radius 2 is 1.69 bits per heavy atom. The molecule has 3 amide bonds. The maximum atomic E-state index is 13.0. The van der Waals surface area contributed by atoms with Gasteiger partial charge in [-0.25, -0.2) is 0 Å². The predicted octanol–water partition coefficient (Wildman–Crippen LogP) is 5.58. The van der Waals surface area contributed by atoms with Crippen molar-refractivity contribution in [3.63, 3.8) is 0 Å². The summed E-state index contributed by atoms with van der Waals surface area (Å²) in [6.45, 7) is 0. The van der Waals surface area contributed by atoms with Crippen LogP contribution in [0.1, 0.15) is 34.7 Å². The van der Waals surface area contributed by atoms with Gasteiger partial charge in [0, 0.05) is 28.7 Å². The van der Waals surface area contributed by atoms with E-state index in [9.17, 15) is 19.6 Å². The maximum Gasteiger partial charge on any atom is 0.271 e. The van der Waals surface area contributed by atoms with E-state index in [1.807, 2.05) is 6.07 Å². The number of carbonyl (C=O) groups excluding carboxylic acids is 3. The molecule has 2 aliphatic carbocycles. The van der Waals surface area contributed by atoms with Gasteiger partial charge in [0.1, 0.15) is 9.75 Å². The lowest BCUT2D eigenvalue weighted by molar-refractivity contribution is -0.135. The van der Waals surface area contributed by atoms with Gasteiger partial charge in [-0.2, -0.15) is 5.26 Å². The van der Waals surface area contributed by atoms with E-state index in [0.717, 1.165) is 5.01 Å². The summed E-state index contributed by atoms with van der Waals surface area (Å²) in [4.78, 5) is 38.1. The molecule has 182 valence electrons. The van der Waals surface area contributed by atoms with Crippen LogP contribution in [0.2, 0.25) is 15.1 Å². The van der Waals surface area contributed by atoms with E-state index in [1.165, 1.54) is 25.2 Å². The zero-order chi connectivity index (χ0) is 25.7. The van der Waals surface area contributed by atoms with Crippen molar-refractivity contribution in [1.29, 1.82) is 5.26 Å². The highest BCUT2D eigenvalue weighted by molar-refractivity contribution is 6.53. The van der Waals surface area contributed by atoms with Gasteiger partial charge in [0.25, 0.3) is 11.8 Å². The van der Waals surface area contributed by atoms with E-state index in [1.54, 1.807) is 18.2 Å². The highest BCUT2D eigenvalue weighted by Crippen LogP contribution is 2.65. The molecule has 12 heteroatoms. The van der Waals surface area contributed by atoms with E-state index < -0.39 is 39.3 Å². The number of nitrogens with zero attached hydrogens (tertiary/aromatic N) is 2. The number of rotatable bonds is 5. The van der Waals surface area contributed by atoms with Crippen LogP contribution in [0.3, 0.4) is 0 Å². The largest absolute Gasteiger partial charge is 0.326 e. The number of amides is 3. The molecule has 0 aromatic heterocycles. The van der Waals surface area contributed by atoms with Crippen LogP contribution >= 0.6 is 58.0 Å². The molecule has 0 heterocycles. The lowest BCUT2D eigenvalue weighted by Crippen LogP contribution is -2.46. The monoisotopic (exact) mass is 572 g/mol. The minimum atomic E-state index is -1.37. The number of nitrogens with one attached hydrogen (secondary N) is 2. The van der Waals surface area contributed by atoms with Crippen molar-refractivity contribution in [3.05, 3.63) is 62.6 Å². The molecule has 0 bridgehead atoms. The normalized spacial score (nSPS) is 20.8. The quantitative estimate of drug-likeness (QED) is 0.360. The van der Waals surface area contributed by atoms with Crippen LogP contribution in [0.5, 0.6) is 0 Å². The molecule has 2 atom stereocenters. The highest BCUT2D eigenvalue weighted by atomic mass is 35.5. The molecule has 2 unspecified atom stereocenters. The first-order chi connectivity index (χ1) is 16.4. The van der Waals surface area contributed by atoms with Crippen LogP contribution < -0.4 is 10.7 Å². The van der Waals surface area contributed by atoms with Crippen LogP contribution in [0.15, 0.2) is 36.4 Å². The first-order valence-electron chi connectivity index (χ1n) is 10.3. The standard InChI is InChI=1S/C23H17Cl5N4O3/c1-32(21(35)22(10-29)4-5-22)31-19(33)15-9-14(2-3-16(15)26)30-20(34)18-17(23(18,27)28)11-6-12(24)8-13(25)7-11/h2-3,6-9,17-18H,4-5H2,1H3,(H,30,34)(H,31,33). The zero-order valence-corrected chi connectivity index (χ0v) is 21.8. The van der Waals surface area contributed by atoms with Gasteiger partial charge in [0.15, 0.2) is 0 Å². The molecule has 0 saturated heterocycles. The Morgan fingerprint density at radius 1 is 1.06 bits per heavy atom. The summed E-state index contributed by atoms with van der Waals surface area (Å²) in [7, 11) is 1.35. The number of carbonyl (C=O) groups is 3. The van der Waals surface area contributed by atoms with Gasteiger partial charge in [-0.1, -0.05) is 34.8 Å². The molecule has 7 nitrogen and oxygen atoms in total. The molecular weight excluding hydrogens is 558 g/mol. The minimum Gasteiger partial charge on any atom is -0.326 e. The van der Waals surface area contributed by atoms with E-state index in [-0.39, 0.29) is 16.3 Å². The average Bonchev–Trinajstić information content (AvgIpc) is 3.68. The van der Waals surface area contributed by atoms with Crippen LogP contribution in [0.4, 0.5) is 5.69 Å². The molecule has 35 heavy (non-hydrogen) atoms. The molecule has 2 aliphatic rings. The molecule has 0 radical (unpaired) electrons. The Kier molecular flexibility index (Phi) is 6.91. The van der Waals surface area contributed by atoms with Gasteiger partial charge in [-0.05, 0) is 54.8 Å². The smallest absolute Gasteiger partial charge is 0.271 e. The van der Waals surface area contributed by atoms with Gasteiger partial charge in [0.2, 0.25) is 5.91 Å². The summed E-state index contributed by atoms with van der Waals surface area (Å²) in [5, 5.41) is 13.7. The predicted molar refractivity (Wildman–Crippen MR) is 135 cm³/mol. The van der Waals surface area contributed by atoms with Crippen molar-refractivity contribution in [3.8, 4) is 6.07 Å². The first kappa shape index (κ1) is 25.9. The second kappa shape index (κ2) is 9.34. The van der Waals surface area contributed by atoms with Crippen molar-refractivity contribution in [2.24, 2.45) is 11.3 Å². The Bertz CT molecular complexity index is 1270. The molecule has 2 aromatic rings. The van der Waals surface area contributed by atoms with Gasteiger partial charge < -0.3 is 5.32 Å². The van der Waals surface area contributed by atoms with Crippen LogP contribution in [0.25, 0.3) is 0 Å². The number of alkyl halides is 2. The summed E-state index contributed by atoms with van der Waals surface area (Å²) in [5.74, 6) is -2.99. The second-order valence-electron chi connectivity index (χ2n) is 8.52. The lowest BCUT2D eigenvalue weighted by Gasteiger charge is -2.21. The number of hydrazine groups is 1. The van der Waals surface area contributed by atoms with Crippen molar-refractivity contribution in [2.75, 3.05) is 12.4 Å². The third kappa shape index (κ3) is 5.04. The van der Waals surface area contributed by atoms with Crippen molar-refractivity contribution in [1.82, 2.24) is 10.4 Å². The Morgan fingerprint density at radius 3 is 2.26 bits per heavy atom. The molecule has 2 saturated carbocycles. The number of hydrogen-bond acceptors (Lipinski definition) is 4. The fraction of sp³-hybridized carbons (Fsp3) is 0.304. The van der Waals surface area contributed by atoms with Crippen molar-refractivity contribution < 1.29 is 14.4 Å². The van der Waals surface area contributed by atoms with Crippen molar-refractivity contribution in [2.45, 2.75) is 23.1 Å². The average molecular weight is 575 g/mol. The summed E-state index contributed by atoms with van der Waals surface area (Å²) in [5.41, 5.74) is 2.24. The van der Waals surface area contributed by atoms with Gasteiger partial charge >= 0.3 is 0 Å². The number of halogens is 5. The van der Waals surface area contributed by atoms with E-state index in [4.69, 9.17) is 58.0 Å². The molecule has 2 aromatic carbocycles. The number of benzene rings is 2. The molecule has 0 aliphatic heterocycles. The summed E-state index contributed by atoms with van der Waals surface area (Å²) in [6.07, 6.45) is 0.883. The topological polar surface area (TPSA) is 102 Å². The number of anilines is 1. The third-order valence-corrected chi connectivity index (χ3v) is 7.71. The SMILES string of the molecule is CN(NC(=O)c1cc(NC(=O)C2C(c3cc(Cl)cc(Cl)c3)C2(Cl)Cl)ccc1Cl)C(=O)C1(C#N)CC1. The van der Waals surface area contributed by atoms with Crippen molar-refractivity contribution >= 4 is 81.4 Å². The fourth-order valence-corrected chi connectivity index (χ4v) is 5.48. The van der Waals surface area contributed by atoms with Gasteiger partial charge in [-0.15, -0.1) is 23.2 Å². The summed E-state index contributed by atoms with van der Waals surface area (Å²) < 4.78 is -1.37. The lowest BCUT2D eigenvalue weighted by atomic mass is 10.1. The van der Waals surface area contributed by atoms with E-state index >= 15 is 0 Å². The summed E-state index contributed by atoms with van der Waals surface area (Å²) >= 11 is 31.1. The van der Waals surface area contributed by atoms with E-state index in [2.05, 4.69) is 10.7 Å². The van der Waals surface area contributed by atoms with Gasteiger partial charge in [-0.3, -0.25) is 24.8 Å². The third-order valence-electron chi connectivity index (χ3n) is 6.01. The van der Waals surface area contributed by atoms with Crippen LogP contribution in [-0.4, -0.2) is 34.1 Å². The summed E-state index contributed by atoms with van der Waals surface area (Å²) in [6, 6.07) is 11.1. The zero-order valence-electron chi connectivity index (χ0n) is 18.0. The van der Waals surface area contributed by atoms with Crippen LogP contribution in [-0.2, 0) is 9.59 Å². The Labute approximate surface area is 226 Å². The molecule has 2 N–H and O–H groups in total. The first-order valence-corrected chi connectivity index (χ1v) is 12.2. The highest BCUT2D eigenvalue weighted by Gasteiger charge is 2.67. The molecule has 4 rings (SSSR count). The minimum absolute atomic E-state index is 0.0166. The van der Waals surface area contributed by atoms with Crippen LogP contribution in [0, 0.1) is 22.7 Å². The second-order valence-corrected chi connectivity index (χ2v) is 11.2. The number of hydrogen-bond donors (Lipinski definition) is 2. The molecule has 2 fully saturated rings. The Balaban J connectivity index is 1.47. The number of nitriles is 1. The maximum absolute atomic E-state index is 13.0. The van der Waals surface area contributed by atoms with Gasteiger partial charge in [0.05, 0.1) is 22.6 Å². The fourth-order valence-electron chi connectivity index (χ4n) is 3.90.